The van der Waals surface area contributed by atoms with Crippen molar-refractivity contribution >= 4 is 5.91 Å². The van der Waals surface area contributed by atoms with Crippen molar-refractivity contribution in [1.29, 1.82) is 0 Å². The summed E-state index contributed by atoms with van der Waals surface area (Å²) in [5, 5.41) is 4.38. The van der Waals surface area contributed by atoms with Crippen LogP contribution in [-0.4, -0.2) is 49.0 Å². The molecule has 8 heteroatoms. The number of hydrogen-bond donors (Lipinski definition) is 0. The second-order valence-corrected chi connectivity index (χ2v) is 8.44. The standard InChI is InChI=1S/C22H24N6O2/c1-15-24-12-18(13-25-15)20(29)28-10-2-7-22(14-28,11-16-3-4-16)21-26-19(30-27-21)17-5-8-23-9-6-17/h5-6,8-9,12-13,16H,2-4,7,10-11,14H2,1H3. The van der Waals surface area contributed by atoms with Gasteiger partial charge in [-0.15, -0.1) is 0 Å². The van der Waals surface area contributed by atoms with E-state index in [2.05, 4.69) is 20.1 Å². The zero-order valence-electron chi connectivity index (χ0n) is 17.0. The van der Waals surface area contributed by atoms with E-state index in [1.54, 1.807) is 24.8 Å². The molecule has 2 fully saturated rings. The Hall–Kier alpha value is -3.16. The zero-order valence-corrected chi connectivity index (χ0v) is 17.0. The van der Waals surface area contributed by atoms with Gasteiger partial charge in [0, 0.05) is 43.4 Å². The molecular formula is C22H24N6O2. The van der Waals surface area contributed by atoms with Crippen LogP contribution in [0.5, 0.6) is 0 Å². The van der Waals surface area contributed by atoms with Crippen molar-refractivity contribution in [3.63, 3.8) is 0 Å². The largest absolute Gasteiger partial charge is 0.338 e. The van der Waals surface area contributed by atoms with E-state index in [-0.39, 0.29) is 11.3 Å². The van der Waals surface area contributed by atoms with Gasteiger partial charge < -0.3 is 9.42 Å². The summed E-state index contributed by atoms with van der Waals surface area (Å²) < 4.78 is 5.61. The van der Waals surface area contributed by atoms with E-state index in [1.807, 2.05) is 24.0 Å². The molecule has 1 saturated heterocycles. The van der Waals surface area contributed by atoms with Crippen molar-refractivity contribution < 1.29 is 9.32 Å². The van der Waals surface area contributed by atoms with Crippen LogP contribution in [-0.2, 0) is 5.41 Å². The van der Waals surface area contributed by atoms with Crippen LogP contribution >= 0.6 is 0 Å². The number of likely N-dealkylation sites (tertiary alicyclic amines) is 1. The van der Waals surface area contributed by atoms with Crippen molar-refractivity contribution in [2.24, 2.45) is 5.92 Å². The smallest absolute Gasteiger partial charge is 0.258 e. The van der Waals surface area contributed by atoms with Gasteiger partial charge >= 0.3 is 0 Å². The fourth-order valence-electron chi connectivity index (χ4n) is 4.36. The predicted octanol–water partition coefficient (Wildman–Crippen LogP) is 3.20. The molecule has 1 aliphatic carbocycles. The third-order valence-corrected chi connectivity index (χ3v) is 6.10. The predicted molar refractivity (Wildman–Crippen MR) is 108 cm³/mol. The zero-order chi connectivity index (χ0) is 20.6. The molecule has 2 aliphatic rings. The Morgan fingerprint density at radius 2 is 2.00 bits per heavy atom. The molecule has 30 heavy (non-hydrogen) atoms. The first-order valence-corrected chi connectivity index (χ1v) is 10.5. The molecule has 8 nitrogen and oxygen atoms in total. The lowest BCUT2D eigenvalue weighted by molar-refractivity contribution is 0.0606. The van der Waals surface area contributed by atoms with Crippen molar-refractivity contribution in [2.75, 3.05) is 13.1 Å². The van der Waals surface area contributed by atoms with Crippen LogP contribution in [0.2, 0.25) is 0 Å². The van der Waals surface area contributed by atoms with Crippen LogP contribution in [0, 0.1) is 12.8 Å². The Bertz CT molecular complexity index is 1030. The molecule has 5 rings (SSSR count). The summed E-state index contributed by atoms with van der Waals surface area (Å²) in [4.78, 5) is 32.2. The van der Waals surface area contributed by atoms with Crippen LogP contribution in [0.25, 0.3) is 11.5 Å². The number of nitrogens with zero attached hydrogens (tertiary/aromatic N) is 6. The quantitative estimate of drug-likeness (QED) is 0.644. The number of aromatic nitrogens is 5. The van der Waals surface area contributed by atoms with Gasteiger partial charge in [-0.3, -0.25) is 9.78 Å². The van der Waals surface area contributed by atoms with E-state index < -0.39 is 0 Å². The minimum atomic E-state index is -0.282. The van der Waals surface area contributed by atoms with Crippen molar-refractivity contribution in [3.8, 4) is 11.5 Å². The van der Waals surface area contributed by atoms with Crippen molar-refractivity contribution in [1.82, 2.24) is 30.0 Å². The van der Waals surface area contributed by atoms with Gasteiger partial charge in [0.2, 0.25) is 0 Å². The van der Waals surface area contributed by atoms with Gasteiger partial charge in [-0.05, 0) is 44.2 Å². The van der Waals surface area contributed by atoms with Crippen LogP contribution in [0.15, 0.2) is 41.4 Å². The van der Waals surface area contributed by atoms with Gasteiger partial charge in [0.25, 0.3) is 11.8 Å². The summed E-state index contributed by atoms with van der Waals surface area (Å²) in [7, 11) is 0. The molecule has 4 heterocycles. The molecule has 0 radical (unpaired) electrons. The molecule has 0 N–H and O–H groups in total. The first-order valence-electron chi connectivity index (χ1n) is 10.5. The number of carbonyl (C=O) groups excluding carboxylic acids is 1. The van der Waals surface area contributed by atoms with E-state index in [0.717, 1.165) is 24.8 Å². The summed E-state index contributed by atoms with van der Waals surface area (Å²) >= 11 is 0. The van der Waals surface area contributed by atoms with E-state index in [4.69, 9.17) is 9.51 Å². The molecule has 1 saturated carbocycles. The second-order valence-electron chi connectivity index (χ2n) is 8.44. The normalized spacial score (nSPS) is 21.6. The molecule has 0 bridgehead atoms. The molecule has 154 valence electrons. The highest BCUT2D eigenvalue weighted by molar-refractivity contribution is 5.93. The van der Waals surface area contributed by atoms with Crippen molar-refractivity contribution in [2.45, 2.75) is 44.4 Å². The van der Waals surface area contributed by atoms with E-state index in [9.17, 15) is 4.79 Å². The summed E-state index contributed by atoms with van der Waals surface area (Å²) in [5.74, 6) is 2.50. The van der Waals surface area contributed by atoms with Gasteiger partial charge in [0.05, 0.1) is 11.0 Å². The minimum Gasteiger partial charge on any atom is -0.338 e. The second kappa shape index (κ2) is 7.59. The third kappa shape index (κ3) is 3.69. The molecule has 3 aromatic heterocycles. The Kier molecular flexibility index (Phi) is 4.77. The summed E-state index contributed by atoms with van der Waals surface area (Å²) in [6.07, 6.45) is 11.9. The van der Waals surface area contributed by atoms with Crippen molar-refractivity contribution in [3.05, 3.63) is 54.1 Å². The van der Waals surface area contributed by atoms with E-state index >= 15 is 0 Å². The summed E-state index contributed by atoms with van der Waals surface area (Å²) in [6, 6.07) is 3.72. The highest BCUT2D eigenvalue weighted by Gasteiger charge is 2.46. The van der Waals surface area contributed by atoms with Crippen LogP contribution in [0.1, 0.15) is 54.1 Å². The lowest BCUT2D eigenvalue weighted by atomic mass is 9.74. The van der Waals surface area contributed by atoms with Crippen LogP contribution in [0.3, 0.4) is 0 Å². The summed E-state index contributed by atoms with van der Waals surface area (Å²) in [6.45, 7) is 3.12. The minimum absolute atomic E-state index is 0.0345. The molecular weight excluding hydrogens is 380 g/mol. The van der Waals surface area contributed by atoms with Crippen LogP contribution < -0.4 is 0 Å². The fourth-order valence-corrected chi connectivity index (χ4v) is 4.36. The monoisotopic (exact) mass is 404 g/mol. The van der Waals surface area contributed by atoms with Gasteiger partial charge in [0.1, 0.15) is 5.82 Å². The molecule has 1 amide bonds. The molecule has 1 unspecified atom stereocenters. The van der Waals surface area contributed by atoms with Gasteiger partial charge in [-0.2, -0.15) is 4.98 Å². The Balaban J connectivity index is 1.44. The number of rotatable bonds is 5. The van der Waals surface area contributed by atoms with Crippen LogP contribution in [0.4, 0.5) is 0 Å². The maximum Gasteiger partial charge on any atom is 0.258 e. The Labute approximate surface area is 174 Å². The third-order valence-electron chi connectivity index (χ3n) is 6.10. The number of amides is 1. The molecule has 1 aliphatic heterocycles. The molecule has 3 aromatic rings. The Morgan fingerprint density at radius 1 is 1.23 bits per heavy atom. The van der Waals surface area contributed by atoms with Gasteiger partial charge in [-0.1, -0.05) is 18.0 Å². The number of piperidine rings is 1. The maximum absolute atomic E-state index is 13.1. The number of pyridine rings is 1. The highest BCUT2D eigenvalue weighted by Crippen LogP contribution is 2.46. The Morgan fingerprint density at radius 3 is 2.73 bits per heavy atom. The SMILES string of the molecule is Cc1ncc(C(=O)N2CCCC(CC3CC3)(c3noc(-c4ccncc4)n3)C2)cn1. The summed E-state index contributed by atoms with van der Waals surface area (Å²) in [5.41, 5.74) is 1.09. The van der Waals surface area contributed by atoms with E-state index in [1.165, 1.54) is 12.8 Å². The number of hydrogen-bond acceptors (Lipinski definition) is 7. The molecule has 0 spiro atoms. The average Bonchev–Trinajstić information content (AvgIpc) is 3.44. The topological polar surface area (TPSA) is 97.9 Å². The van der Waals surface area contributed by atoms with Gasteiger partial charge in [-0.25, -0.2) is 9.97 Å². The maximum atomic E-state index is 13.1. The van der Waals surface area contributed by atoms with E-state index in [0.29, 0.717) is 42.1 Å². The first kappa shape index (κ1) is 18.8. The highest BCUT2D eigenvalue weighted by atomic mass is 16.5. The lowest BCUT2D eigenvalue weighted by Gasteiger charge is -2.41. The average molecular weight is 404 g/mol. The lowest BCUT2D eigenvalue weighted by Crippen LogP contribution is -2.49. The van der Waals surface area contributed by atoms with Gasteiger partial charge in [0.15, 0.2) is 5.82 Å². The fraction of sp³-hybridized carbons (Fsp3) is 0.455. The molecule has 1 atom stereocenters. The molecule has 0 aromatic carbocycles. The number of aryl methyl sites for hydroxylation is 1. The number of carbonyl (C=O) groups is 1. The first-order chi connectivity index (χ1) is 14.6.